The van der Waals surface area contributed by atoms with Crippen molar-refractivity contribution in [2.45, 2.75) is 113 Å². The number of carbonyl (C=O) groups excluding carboxylic acids is 3. The van der Waals surface area contributed by atoms with E-state index in [1.165, 1.54) is 4.90 Å². The normalized spacial score (nSPS) is 31.0. The lowest BCUT2D eigenvalue weighted by Crippen LogP contribution is -2.59. The molecule has 286 valence electrons. The Hall–Kier alpha value is -4.40. The highest BCUT2D eigenvalue weighted by molar-refractivity contribution is 7.91. The summed E-state index contributed by atoms with van der Waals surface area (Å²) in [7, 11) is -4.00. The van der Waals surface area contributed by atoms with Crippen molar-refractivity contribution < 1.29 is 42.2 Å². The molecule has 4 heterocycles. The molecule has 14 nitrogen and oxygen atoms in total. The minimum absolute atomic E-state index is 0.0305. The highest BCUT2D eigenvalue weighted by Gasteiger charge is 2.63. The molecule has 1 aromatic heterocycles. The topological polar surface area (TPSA) is 193 Å². The van der Waals surface area contributed by atoms with Gasteiger partial charge in [-0.2, -0.15) is 0 Å². The van der Waals surface area contributed by atoms with Crippen LogP contribution in [0.2, 0.25) is 0 Å². The maximum absolute atomic E-state index is 14.6. The summed E-state index contributed by atoms with van der Waals surface area (Å²) in [5.41, 5.74) is -0.778. The van der Waals surface area contributed by atoms with Crippen LogP contribution in [0.5, 0.6) is 11.6 Å². The zero-order valence-corrected chi connectivity index (χ0v) is 31.2. The van der Waals surface area contributed by atoms with Crippen molar-refractivity contribution in [2.24, 2.45) is 17.8 Å². The maximum Gasteiger partial charge on any atom is 0.405 e. The molecule has 0 spiro atoms. The fourth-order valence-corrected chi connectivity index (χ4v) is 9.51. The van der Waals surface area contributed by atoms with E-state index in [9.17, 15) is 32.7 Å². The minimum Gasteiger partial charge on any atom is -0.491 e. The number of aryl methyl sites for hydroxylation is 1. The molecule has 2 saturated carbocycles. The van der Waals surface area contributed by atoms with Gasteiger partial charge in [-0.05, 0) is 76.2 Å². The lowest BCUT2D eigenvalue weighted by atomic mass is 9.85. The fourth-order valence-electron chi connectivity index (χ4n) is 8.20. The van der Waals surface area contributed by atoms with E-state index in [0.717, 1.165) is 23.9 Å². The number of nitrogens with one attached hydrogen (secondary N) is 3. The standard InChI is InChI=1S/C38H49N5O9S/c1-4-23-18-22(2)10-5-6-11-24-20-38(24,35(46)42-53(49,50)37(3)15-16-37)41-32(44)29-19-25(21-43(29)34(45)30(23)40-36(47)48)52-33-27-13-8-7-12-26(27)31-28(39-33)14-9-17-51-31/h6-8,11-13,22-25,29-30,40H,4-5,9-10,14-21H2,1-3H3,(H,41,44)(H,42,46)(H,47,48)/t22-,23+,24+,25+,29-,30-,38+/m0/s1. The first kappa shape index (κ1) is 36.9. The SMILES string of the molecule is CC[C@@H]1C[C@@H](C)CCC=C[C@@H]2C[C@@]2(C(=O)NS(=O)(=O)C2(C)CC2)NC(=O)[C@@H]2C[C@@H](Oc3nc4c(c5ccccc35)OCCC4)CN2C(=O)[C@H]1NC(=O)O. The lowest BCUT2D eigenvalue weighted by molar-refractivity contribution is -0.142. The van der Waals surface area contributed by atoms with Crippen molar-refractivity contribution in [3.63, 3.8) is 0 Å². The molecular weight excluding hydrogens is 703 g/mol. The summed E-state index contributed by atoms with van der Waals surface area (Å²) in [4.78, 5) is 61.2. The van der Waals surface area contributed by atoms with Gasteiger partial charge in [-0.3, -0.25) is 19.1 Å². The van der Waals surface area contributed by atoms with Crippen LogP contribution in [0.1, 0.15) is 84.3 Å². The van der Waals surface area contributed by atoms with Crippen LogP contribution in [-0.2, 0) is 30.8 Å². The van der Waals surface area contributed by atoms with Gasteiger partial charge in [-0.1, -0.05) is 50.6 Å². The number of carbonyl (C=O) groups is 4. The largest absolute Gasteiger partial charge is 0.491 e. The number of nitrogens with zero attached hydrogens (tertiary/aromatic N) is 2. The number of amides is 4. The van der Waals surface area contributed by atoms with E-state index in [1.807, 2.05) is 43.3 Å². The van der Waals surface area contributed by atoms with E-state index in [1.54, 1.807) is 6.92 Å². The fraction of sp³-hybridized carbons (Fsp3) is 0.605. The number of hydrogen-bond donors (Lipinski definition) is 4. The van der Waals surface area contributed by atoms with Crippen LogP contribution in [0.25, 0.3) is 10.8 Å². The minimum atomic E-state index is -4.00. The Bertz CT molecular complexity index is 1950. The second-order valence-electron chi connectivity index (χ2n) is 15.8. The monoisotopic (exact) mass is 751 g/mol. The Labute approximate surface area is 309 Å². The van der Waals surface area contributed by atoms with Gasteiger partial charge in [-0.25, -0.2) is 18.2 Å². The van der Waals surface area contributed by atoms with Crippen LogP contribution in [0.15, 0.2) is 36.4 Å². The number of rotatable bonds is 7. The molecule has 15 heteroatoms. The van der Waals surface area contributed by atoms with Gasteiger partial charge in [-0.15, -0.1) is 0 Å². The maximum atomic E-state index is 14.6. The molecule has 2 aromatic rings. The van der Waals surface area contributed by atoms with Gasteiger partial charge in [0, 0.05) is 23.1 Å². The van der Waals surface area contributed by atoms with E-state index in [-0.39, 0.29) is 31.2 Å². The zero-order valence-electron chi connectivity index (χ0n) is 30.4. The summed E-state index contributed by atoms with van der Waals surface area (Å²) in [6.45, 7) is 6.10. The average Bonchev–Trinajstić information content (AvgIpc) is 4.01. The van der Waals surface area contributed by atoms with Crippen LogP contribution in [0.4, 0.5) is 4.79 Å². The number of allylic oxidation sites excluding steroid dienone is 1. The number of fused-ring (bicyclic) bond motifs is 5. The Morgan fingerprint density at radius 3 is 2.64 bits per heavy atom. The lowest BCUT2D eigenvalue weighted by Gasteiger charge is -2.33. The number of aromatic nitrogens is 1. The molecule has 7 atom stereocenters. The molecule has 7 rings (SSSR count). The third kappa shape index (κ3) is 7.16. The first-order chi connectivity index (χ1) is 25.2. The molecule has 0 radical (unpaired) electrons. The predicted molar refractivity (Wildman–Crippen MR) is 195 cm³/mol. The molecule has 1 saturated heterocycles. The van der Waals surface area contributed by atoms with Crippen molar-refractivity contribution in [1.29, 1.82) is 0 Å². The van der Waals surface area contributed by atoms with Crippen molar-refractivity contribution >= 4 is 44.6 Å². The summed E-state index contributed by atoms with van der Waals surface area (Å²) >= 11 is 0. The Morgan fingerprint density at radius 1 is 1.17 bits per heavy atom. The van der Waals surface area contributed by atoms with E-state index < -0.39 is 68.2 Å². The van der Waals surface area contributed by atoms with Gasteiger partial charge in [0.2, 0.25) is 27.7 Å². The quantitative estimate of drug-likeness (QED) is 0.303. The van der Waals surface area contributed by atoms with Crippen molar-refractivity contribution in [1.82, 2.24) is 25.2 Å². The van der Waals surface area contributed by atoms with Crippen molar-refractivity contribution in [3.8, 4) is 11.6 Å². The molecule has 4 N–H and O–H groups in total. The number of benzene rings is 1. The van der Waals surface area contributed by atoms with Gasteiger partial charge in [0.1, 0.15) is 29.5 Å². The van der Waals surface area contributed by atoms with Crippen LogP contribution in [0.3, 0.4) is 0 Å². The molecule has 0 unspecified atom stereocenters. The summed E-state index contributed by atoms with van der Waals surface area (Å²) in [6.07, 6.45) is 6.84. The zero-order chi connectivity index (χ0) is 37.7. The number of carboxylic acid groups (broad SMARTS) is 1. The molecule has 53 heavy (non-hydrogen) atoms. The molecule has 0 bridgehead atoms. The summed E-state index contributed by atoms with van der Waals surface area (Å²) in [5.74, 6) is -1.63. The molecule has 4 amide bonds. The van der Waals surface area contributed by atoms with Crippen molar-refractivity contribution in [2.75, 3.05) is 13.2 Å². The second kappa shape index (κ2) is 14.1. The van der Waals surface area contributed by atoms with Crippen LogP contribution in [-0.4, -0.2) is 88.8 Å². The number of hydrogen-bond acceptors (Lipinski definition) is 9. The van der Waals surface area contributed by atoms with E-state index >= 15 is 0 Å². The number of ether oxygens (including phenoxy) is 2. The first-order valence-corrected chi connectivity index (χ1v) is 20.3. The van der Waals surface area contributed by atoms with Gasteiger partial charge in [0.05, 0.1) is 23.6 Å². The highest BCUT2D eigenvalue weighted by atomic mass is 32.2. The average molecular weight is 752 g/mol. The number of sulfonamides is 1. The van der Waals surface area contributed by atoms with E-state index in [4.69, 9.17) is 14.5 Å². The predicted octanol–water partition coefficient (Wildman–Crippen LogP) is 3.82. The Balaban J connectivity index is 1.24. The molecule has 3 fully saturated rings. The molecule has 5 aliphatic rings. The van der Waals surface area contributed by atoms with Gasteiger partial charge in [0.25, 0.3) is 5.91 Å². The molecule has 3 aliphatic heterocycles. The summed E-state index contributed by atoms with van der Waals surface area (Å²) in [6, 6.07) is 5.30. The van der Waals surface area contributed by atoms with Crippen molar-refractivity contribution in [3.05, 3.63) is 42.1 Å². The third-order valence-corrected chi connectivity index (χ3v) is 14.0. The molecular formula is C38H49N5O9S. The van der Waals surface area contributed by atoms with Gasteiger partial charge >= 0.3 is 6.09 Å². The summed E-state index contributed by atoms with van der Waals surface area (Å²) in [5, 5.41) is 16.8. The Morgan fingerprint density at radius 2 is 1.92 bits per heavy atom. The van der Waals surface area contributed by atoms with Gasteiger partial charge in [0.15, 0.2) is 0 Å². The third-order valence-electron chi connectivity index (χ3n) is 11.9. The van der Waals surface area contributed by atoms with E-state index in [2.05, 4.69) is 22.3 Å². The van der Waals surface area contributed by atoms with Gasteiger partial charge < -0.3 is 30.1 Å². The second-order valence-corrected chi connectivity index (χ2v) is 18.0. The first-order valence-electron chi connectivity index (χ1n) is 18.8. The molecule has 1 aromatic carbocycles. The van der Waals surface area contributed by atoms with Crippen LogP contribution >= 0.6 is 0 Å². The summed E-state index contributed by atoms with van der Waals surface area (Å²) < 4.78 is 40.1. The smallest absolute Gasteiger partial charge is 0.405 e. The number of pyridine rings is 1. The van der Waals surface area contributed by atoms with Crippen LogP contribution < -0.4 is 24.8 Å². The molecule has 2 aliphatic carbocycles. The Kier molecular flexibility index (Phi) is 9.83. The van der Waals surface area contributed by atoms with Crippen LogP contribution in [0, 0.1) is 17.8 Å². The highest BCUT2D eigenvalue weighted by Crippen LogP contribution is 2.48. The van der Waals surface area contributed by atoms with E-state index in [0.29, 0.717) is 62.1 Å².